The van der Waals surface area contributed by atoms with E-state index in [0.717, 1.165) is 101 Å². The molecule has 4 fully saturated rings. The molecule has 0 saturated heterocycles. The smallest absolute Gasteiger partial charge is 0.426 e. The van der Waals surface area contributed by atoms with Crippen molar-refractivity contribution in [2.24, 2.45) is 34.5 Å². The summed E-state index contributed by atoms with van der Waals surface area (Å²) in [5.41, 5.74) is -0.362. The summed E-state index contributed by atoms with van der Waals surface area (Å²) in [5.74, 6) is 9.86. The van der Waals surface area contributed by atoms with Crippen LogP contribution in [0.5, 0.6) is 11.5 Å². The first-order valence-electron chi connectivity index (χ1n) is 33.1. The van der Waals surface area contributed by atoms with Crippen LogP contribution < -0.4 is 9.47 Å². The molecule has 498 valence electrons. The Labute approximate surface area is 531 Å². The van der Waals surface area contributed by atoms with Crippen LogP contribution in [0.4, 0.5) is 39.5 Å². The second-order valence-electron chi connectivity index (χ2n) is 26.8. The Morgan fingerprint density at radius 2 is 0.862 bits per heavy atom. The Morgan fingerprint density at radius 1 is 0.448 bits per heavy atom. The lowest BCUT2D eigenvalue weighted by Gasteiger charge is -2.50. The Hall–Kier alpha value is -1.35. The fraction of sp³-hybridized carbons (Fsp3) is 0.824. The summed E-state index contributed by atoms with van der Waals surface area (Å²) in [7, 11) is 7.75. The maximum absolute atomic E-state index is 13.1. The highest BCUT2D eigenvalue weighted by Crippen LogP contribution is 2.63. The Bertz CT molecular complexity index is 2340. The van der Waals surface area contributed by atoms with Gasteiger partial charge in [-0.2, -0.15) is 39.5 Å². The molecule has 0 amide bonds. The minimum Gasteiger partial charge on any atom is -0.493 e. The van der Waals surface area contributed by atoms with Crippen molar-refractivity contribution in [2.75, 3.05) is 62.7 Å². The van der Waals surface area contributed by atoms with Gasteiger partial charge >= 0.3 is 18.5 Å². The molecule has 4 saturated carbocycles. The largest absolute Gasteiger partial charge is 0.493 e. The van der Waals surface area contributed by atoms with Crippen molar-refractivity contribution >= 4 is 43.2 Å². The molecule has 0 radical (unpaired) electrons. The predicted octanol–water partition coefficient (Wildman–Crippen LogP) is 21.4. The van der Waals surface area contributed by atoms with Crippen LogP contribution in [0, 0.1) is 34.5 Å². The van der Waals surface area contributed by atoms with Crippen molar-refractivity contribution in [3.63, 3.8) is 0 Å². The Morgan fingerprint density at radius 3 is 1.28 bits per heavy atom. The number of hydrogen-bond acceptors (Lipinski definition) is 10. The predicted molar refractivity (Wildman–Crippen MR) is 342 cm³/mol. The van der Waals surface area contributed by atoms with Gasteiger partial charge in [0.15, 0.2) is 5.60 Å². The van der Waals surface area contributed by atoms with Gasteiger partial charge in [0, 0.05) is 42.8 Å². The quantitative estimate of drug-likeness (QED) is 0.0385. The van der Waals surface area contributed by atoms with Crippen molar-refractivity contribution < 1.29 is 67.9 Å². The fourth-order valence-electron chi connectivity index (χ4n) is 15.5. The SMILES string of the molecule is CCCCCCCSSCCOc1ccc2c(c1)CCC1C2CCC2(C)C(OCCCOC(C)(C(F)(F)F)C(F)(F)F)CCC12.CCCCCCCSSCCOc1ccc2c(c1)CCC1C2CCC2(C)C(OCCCOC(C)(C)C(F)(F)F)CCC12. The minimum absolute atomic E-state index is 0.0283. The highest BCUT2D eigenvalue weighted by molar-refractivity contribution is 8.77. The van der Waals surface area contributed by atoms with E-state index in [1.54, 1.807) is 0 Å². The van der Waals surface area contributed by atoms with Gasteiger partial charge in [0.2, 0.25) is 0 Å². The summed E-state index contributed by atoms with van der Waals surface area (Å²) in [4.78, 5) is 0. The van der Waals surface area contributed by atoms with Crippen molar-refractivity contribution in [3.8, 4) is 11.5 Å². The molecular formula is C68H103F9O6S4. The maximum atomic E-state index is 13.1. The zero-order valence-corrected chi connectivity index (χ0v) is 56.4. The number of aryl methyl sites for hydroxylation is 2. The Balaban J connectivity index is 0.000000249. The number of rotatable bonds is 34. The Kier molecular flexibility index (Phi) is 28.3. The summed E-state index contributed by atoms with van der Waals surface area (Å²) in [6.45, 7) is 12.8. The number of unbranched alkanes of at least 4 members (excludes halogenated alkanes) is 8. The van der Waals surface area contributed by atoms with E-state index in [0.29, 0.717) is 55.1 Å². The molecule has 2 aromatic carbocycles. The molecule has 10 atom stereocenters. The third-order valence-corrected chi connectivity index (χ3v) is 25.7. The molecule has 87 heavy (non-hydrogen) atoms. The molecule has 0 spiro atoms. The van der Waals surface area contributed by atoms with E-state index in [9.17, 15) is 39.5 Å². The van der Waals surface area contributed by atoms with Gasteiger partial charge in [-0.05, 0) is 216 Å². The summed E-state index contributed by atoms with van der Waals surface area (Å²) < 4.78 is 152. The lowest BCUT2D eigenvalue weighted by molar-refractivity contribution is -0.374. The van der Waals surface area contributed by atoms with E-state index < -0.39 is 36.3 Å². The van der Waals surface area contributed by atoms with Gasteiger partial charge in [-0.3, -0.25) is 0 Å². The van der Waals surface area contributed by atoms with Crippen LogP contribution in [-0.4, -0.2) is 105 Å². The molecule has 2 aromatic rings. The van der Waals surface area contributed by atoms with E-state index in [4.69, 9.17) is 23.7 Å². The molecule has 0 N–H and O–H groups in total. The normalized spacial score (nSPS) is 27.1. The molecule has 19 heteroatoms. The van der Waals surface area contributed by atoms with Gasteiger partial charge in [0.05, 0.1) is 32.0 Å². The van der Waals surface area contributed by atoms with Crippen LogP contribution in [0.25, 0.3) is 0 Å². The van der Waals surface area contributed by atoms with Crippen LogP contribution in [0.15, 0.2) is 36.4 Å². The number of benzene rings is 2. The van der Waals surface area contributed by atoms with Crippen molar-refractivity contribution in [1.29, 1.82) is 0 Å². The third-order valence-electron chi connectivity index (χ3n) is 20.8. The van der Waals surface area contributed by atoms with Gasteiger partial charge in [0.25, 0.3) is 5.60 Å². The number of halogens is 9. The fourth-order valence-corrected chi connectivity index (χ4v) is 19.4. The maximum Gasteiger partial charge on any atom is 0.426 e. The molecule has 0 heterocycles. The van der Waals surface area contributed by atoms with Gasteiger partial charge in [-0.1, -0.05) is 134 Å². The number of fused-ring (bicyclic) bond motifs is 10. The minimum atomic E-state index is -5.55. The third kappa shape index (κ3) is 19.2. The molecule has 10 unspecified atom stereocenters. The first-order chi connectivity index (χ1) is 41.4. The monoisotopic (exact) mass is 1310 g/mol. The lowest BCUT2D eigenvalue weighted by Crippen LogP contribution is -2.56. The average molecular weight is 1320 g/mol. The molecular weight excluding hydrogens is 1210 g/mol. The second kappa shape index (κ2) is 33.7. The number of ether oxygens (including phenoxy) is 6. The summed E-state index contributed by atoms with van der Waals surface area (Å²) >= 11 is 0. The van der Waals surface area contributed by atoms with Gasteiger partial charge in [-0.25, -0.2) is 0 Å². The van der Waals surface area contributed by atoms with E-state index in [1.807, 2.05) is 43.2 Å². The van der Waals surface area contributed by atoms with Gasteiger partial charge < -0.3 is 28.4 Å². The van der Waals surface area contributed by atoms with E-state index in [2.05, 4.69) is 68.8 Å². The zero-order chi connectivity index (χ0) is 62.9. The standard InChI is InChI=1S/C34H50F6O3S2.C34H53F3O3S2/c1-4-5-6-7-8-21-44-45-22-20-41-25-11-13-26-24(23-25)10-12-28-27(26)16-17-31(2)29(28)14-15-30(31)42-18-9-19-43-32(3,33(35,36)37)34(38,39)40;1-5-6-7-8-9-22-41-42-23-21-38-26-12-14-27-25(24-26)11-13-29-28(27)17-18-33(4)30(29)15-16-31(33)39-19-10-20-40-32(2,3)34(35,36)37/h11,13,23,27-30H,4-10,12,14-22H2,1-3H3;12,14,24,28-31H,5-11,13,15-23H2,1-4H3. The highest BCUT2D eigenvalue weighted by atomic mass is 33.1. The van der Waals surface area contributed by atoms with E-state index in [-0.39, 0.29) is 49.6 Å². The van der Waals surface area contributed by atoms with Crippen LogP contribution >= 0.6 is 43.2 Å². The molecule has 6 aliphatic carbocycles. The molecule has 0 bridgehead atoms. The first kappa shape index (κ1) is 73.1. The summed E-state index contributed by atoms with van der Waals surface area (Å²) in [5, 5.41) is 0. The van der Waals surface area contributed by atoms with Crippen LogP contribution in [0.1, 0.15) is 224 Å². The molecule has 0 aliphatic heterocycles. The number of hydrogen-bond donors (Lipinski definition) is 0. The van der Waals surface area contributed by atoms with Crippen LogP contribution in [0.2, 0.25) is 0 Å². The van der Waals surface area contributed by atoms with E-state index in [1.165, 1.54) is 117 Å². The topological polar surface area (TPSA) is 55.4 Å². The lowest BCUT2D eigenvalue weighted by atomic mass is 9.55. The van der Waals surface area contributed by atoms with Gasteiger partial charge in [-0.15, -0.1) is 0 Å². The van der Waals surface area contributed by atoms with Crippen molar-refractivity contribution in [1.82, 2.24) is 0 Å². The highest BCUT2D eigenvalue weighted by Gasteiger charge is 2.69. The van der Waals surface area contributed by atoms with Crippen LogP contribution in [0.3, 0.4) is 0 Å². The van der Waals surface area contributed by atoms with Crippen LogP contribution in [-0.2, 0) is 31.8 Å². The molecule has 6 nitrogen and oxygen atoms in total. The zero-order valence-electron chi connectivity index (χ0n) is 53.1. The second-order valence-corrected chi connectivity index (χ2v) is 32.2. The molecule has 8 rings (SSSR count). The van der Waals surface area contributed by atoms with Crippen molar-refractivity contribution in [2.45, 2.75) is 256 Å². The average Bonchev–Trinajstić information content (AvgIpc) is 1.78. The molecule has 6 aliphatic rings. The number of alkyl halides is 9. The molecule has 0 aromatic heterocycles. The first-order valence-corrected chi connectivity index (χ1v) is 38.1. The van der Waals surface area contributed by atoms with E-state index >= 15 is 0 Å². The summed E-state index contributed by atoms with van der Waals surface area (Å²) in [6, 6.07) is 13.4. The van der Waals surface area contributed by atoms with Crippen molar-refractivity contribution in [3.05, 3.63) is 58.7 Å². The van der Waals surface area contributed by atoms with Gasteiger partial charge in [0.1, 0.15) is 11.5 Å². The summed E-state index contributed by atoms with van der Waals surface area (Å²) in [6.07, 6.45) is 11.4.